The van der Waals surface area contributed by atoms with Crippen LogP contribution in [0.25, 0.3) is 11.5 Å². The summed E-state index contributed by atoms with van der Waals surface area (Å²) in [5, 5.41) is 10.8. The molecule has 0 aliphatic heterocycles. The summed E-state index contributed by atoms with van der Waals surface area (Å²) in [6, 6.07) is 11.6. The number of rotatable bonds is 4. The predicted molar refractivity (Wildman–Crippen MR) is 86.0 cm³/mol. The fraction of sp³-hybridized carbons (Fsp3) is 0.0625. The van der Waals surface area contributed by atoms with Gasteiger partial charge in [0, 0.05) is 11.3 Å². The molecule has 1 aromatic heterocycles. The van der Waals surface area contributed by atoms with E-state index in [1.54, 1.807) is 24.3 Å². The highest BCUT2D eigenvalue weighted by molar-refractivity contribution is 7.80. The van der Waals surface area contributed by atoms with Crippen molar-refractivity contribution >= 4 is 22.9 Å². The van der Waals surface area contributed by atoms with Crippen molar-refractivity contribution in [1.29, 1.82) is 0 Å². The highest BCUT2D eigenvalue weighted by Gasteiger charge is 2.10. The number of hydrogen-bond donors (Lipinski definition) is 1. The van der Waals surface area contributed by atoms with Gasteiger partial charge in [-0.3, -0.25) is 0 Å². The SMILES string of the molecule is Fc1ccc(NC(=S)Cc2nnc(-c3ccc(F)cc3)o2)cc1. The topological polar surface area (TPSA) is 51.0 Å². The summed E-state index contributed by atoms with van der Waals surface area (Å²) in [5.41, 5.74) is 1.30. The third kappa shape index (κ3) is 3.95. The molecule has 1 N–H and O–H groups in total. The zero-order chi connectivity index (χ0) is 16.2. The smallest absolute Gasteiger partial charge is 0.247 e. The molecule has 0 saturated carbocycles. The fourth-order valence-electron chi connectivity index (χ4n) is 1.91. The maximum absolute atomic E-state index is 12.9. The highest BCUT2D eigenvalue weighted by atomic mass is 32.1. The minimum absolute atomic E-state index is 0.251. The van der Waals surface area contributed by atoms with Crippen LogP contribution in [0.4, 0.5) is 14.5 Å². The lowest BCUT2D eigenvalue weighted by Gasteiger charge is -2.05. The van der Waals surface area contributed by atoms with Gasteiger partial charge in [-0.15, -0.1) is 10.2 Å². The number of aromatic nitrogens is 2. The van der Waals surface area contributed by atoms with Gasteiger partial charge in [0.05, 0.1) is 11.4 Å². The fourth-order valence-corrected chi connectivity index (χ4v) is 2.15. The first-order valence-corrected chi connectivity index (χ1v) is 7.15. The van der Waals surface area contributed by atoms with Crippen LogP contribution >= 0.6 is 12.2 Å². The minimum Gasteiger partial charge on any atom is -0.420 e. The maximum Gasteiger partial charge on any atom is 0.247 e. The molecule has 0 atom stereocenters. The van der Waals surface area contributed by atoms with Gasteiger partial charge < -0.3 is 9.73 Å². The molecule has 116 valence electrons. The summed E-state index contributed by atoms with van der Waals surface area (Å²) in [7, 11) is 0. The van der Waals surface area contributed by atoms with E-state index in [1.165, 1.54) is 24.3 Å². The summed E-state index contributed by atoms with van der Waals surface area (Å²) in [6.07, 6.45) is 0.251. The summed E-state index contributed by atoms with van der Waals surface area (Å²) >= 11 is 5.21. The van der Waals surface area contributed by atoms with Crippen LogP contribution < -0.4 is 5.32 Å². The Balaban J connectivity index is 1.65. The Morgan fingerprint density at radius 2 is 1.57 bits per heavy atom. The third-order valence-electron chi connectivity index (χ3n) is 3.00. The standard InChI is InChI=1S/C16H11F2N3OS/c17-11-3-1-10(2-4-11)16-21-20-14(22-16)9-15(23)19-13-7-5-12(18)6-8-13/h1-8H,9H2,(H,19,23). The molecular formula is C16H11F2N3OS. The second-order valence-corrected chi connectivity index (χ2v) is 5.23. The van der Waals surface area contributed by atoms with Gasteiger partial charge in [-0.1, -0.05) is 12.2 Å². The van der Waals surface area contributed by atoms with Gasteiger partial charge in [0.1, 0.15) is 11.6 Å². The van der Waals surface area contributed by atoms with Gasteiger partial charge >= 0.3 is 0 Å². The highest BCUT2D eigenvalue weighted by Crippen LogP contribution is 2.18. The van der Waals surface area contributed by atoms with Crippen LogP contribution in [0.1, 0.15) is 5.89 Å². The van der Waals surface area contributed by atoms with E-state index in [9.17, 15) is 8.78 Å². The lowest BCUT2D eigenvalue weighted by atomic mass is 10.2. The number of anilines is 1. The van der Waals surface area contributed by atoms with Gasteiger partial charge in [-0.05, 0) is 48.5 Å². The molecule has 23 heavy (non-hydrogen) atoms. The van der Waals surface area contributed by atoms with E-state index in [0.29, 0.717) is 28.0 Å². The Kier molecular flexibility index (Phi) is 4.38. The normalized spacial score (nSPS) is 10.5. The Morgan fingerprint density at radius 3 is 2.22 bits per heavy atom. The predicted octanol–water partition coefficient (Wildman–Crippen LogP) is 4.00. The Bertz CT molecular complexity index is 816. The van der Waals surface area contributed by atoms with Crippen molar-refractivity contribution in [1.82, 2.24) is 10.2 Å². The van der Waals surface area contributed by atoms with Gasteiger partial charge in [-0.25, -0.2) is 8.78 Å². The number of thiocarbonyl (C=S) groups is 1. The molecule has 0 unspecified atom stereocenters. The number of halogens is 2. The van der Waals surface area contributed by atoms with E-state index in [4.69, 9.17) is 16.6 Å². The number of nitrogens with zero attached hydrogens (tertiary/aromatic N) is 2. The van der Waals surface area contributed by atoms with Crippen LogP contribution in [0, 0.1) is 11.6 Å². The maximum atomic E-state index is 12.9. The first-order chi connectivity index (χ1) is 11.1. The van der Waals surface area contributed by atoms with Crippen LogP contribution in [0.5, 0.6) is 0 Å². The van der Waals surface area contributed by atoms with E-state index < -0.39 is 0 Å². The molecule has 1 heterocycles. The van der Waals surface area contributed by atoms with E-state index in [0.717, 1.165) is 0 Å². The van der Waals surface area contributed by atoms with Crippen LogP contribution in [-0.4, -0.2) is 15.2 Å². The van der Waals surface area contributed by atoms with Crippen LogP contribution in [0.15, 0.2) is 52.9 Å². The van der Waals surface area contributed by atoms with E-state index in [1.807, 2.05) is 0 Å². The molecule has 3 aromatic rings. The molecule has 0 aliphatic carbocycles. The minimum atomic E-state index is -0.335. The zero-order valence-corrected chi connectivity index (χ0v) is 12.6. The Morgan fingerprint density at radius 1 is 0.957 bits per heavy atom. The molecule has 3 rings (SSSR count). The lowest BCUT2D eigenvalue weighted by Crippen LogP contribution is -2.12. The van der Waals surface area contributed by atoms with E-state index >= 15 is 0 Å². The average Bonchev–Trinajstić information content (AvgIpc) is 2.98. The van der Waals surface area contributed by atoms with Crippen molar-refractivity contribution in [3.63, 3.8) is 0 Å². The average molecular weight is 331 g/mol. The molecule has 4 nitrogen and oxygen atoms in total. The molecule has 0 bridgehead atoms. The largest absolute Gasteiger partial charge is 0.420 e. The van der Waals surface area contributed by atoms with Gasteiger partial charge in [-0.2, -0.15) is 0 Å². The molecule has 0 fully saturated rings. The van der Waals surface area contributed by atoms with Crippen molar-refractivity contribution in [2.75, 3.05) is 5.32 Å². The van der Waals surface area contributed by atoms with Gasteiger partial charge in [0.2, 0.25) is 11.8 Å². The first kappa shape index (κ1) is 15.2. The Labute approximate surface area is 136 Å². The van der Waals surface area contributed by atoms with Crippen LogP contribution in [0.3, 0.4) is 0 Å². The van der Waals surface area contributed by atoms with E-state index in [-0.39, 0.29) is 18.1 Å². The second kappa shape index (κ2) is 6.62. The second-order valence-electron chi connectivity index (χ2n) is 4.74. The molecule has 0 radical (unpaired) electrons. The monoisotopic (exact) mass is 331 g/mol. The molecule has 0 aliphatic rings. The molecule has 0 spiro atoms. The number of nitrogens with one attached hydrogen (secondary N) is 1. The lowest BCUT2D eigenvalue weighted by molar-refractivity contribution is 0.524. The summed E-state index contributed by atoms with van der Waals surface area (Å²) in [6.45, 7) is 0. The van der Waals surface area contributed by atoms with Crippen molar-refractivity contribution in [2.24, 2.45) is 0 Å². The summed E-state index contributed by atoms with van der Waals surface area (Å²) < 4.78 is 31.2. The van der Waals surface area contributed by atoms with E-state index in [2.05, 4.69) is 15.5 Å². The van der Waals surface area contributed by atoms with Gasteiger partial charge in [0.15, 0.2) is 0 Å². The van der Waals surface area contributed by atoms with Crippen molar-refractivity contribution in [3.8, 4) is 11.5 Å². The first-order valence-electron chi connectivity index (χ1n) is 6.74. The molecular weight excluding hydrogens is 320 g/mol. The van der Waals surface area contributed by atoms with Crippen LogP contribution in [0.2, 0.25) is 0 Å². The molecule has 0 amide bonds. The van der Waals surface area contributed by atoms with Crippen molar-refractivity contribution in [2.45, 2.75) is 6.42 Å². The van der Waals surface area contributed by atoms with Crippen molar-refractivity contribution in [3.05, 3.63) is 66.1 Å². The quantitative estimate of drug-likeness (QED) is 0.733. The molecule has 0 saturated heterocycles. The van der Waals surface area contributed by atoms with Crippen LogP contribution in [-0.2, 0) is 6.42 Å². The third-order valence-corrected chi connectivity index (χ3v) is 3.24. The van der Waals surface area contributed by atoms with Gasteiger partial charge in [0.25, 0.3) is 0 Å². The number of hydrogen-bond acceptors (Lipinski definition) is 4. The summed E-state index contributed by atoms with van der Waals surface area (Å²) in [4.78, 5) is 0.464. The molecule has 2 aromatic carbocycles. The number of benzene rings is 2. The summed E-state index contributed by atoms with van der Waals surface area (Å²) in [5.74, 6) is -0.0195. The molecule has 7 heteroatoms. The van der Waals surface area contributed by atoms with Crippen molar-refractivity contribution < 1.29 is 13.2 Å². The zero-order valence-electron chi connectivity index (χ0n) is 11.8. The Hall–Kier alpha value is -2.67.